The van der Waals surface area contributed by atoms with Gasteiger partial charge in [0.05, 0.1) is 16.7 Å². The Morgan fingerprint density at radius 1 is 1.20 bits per heavy atom. The molecule has 2 aromatic rings. The highest BCUT2D eigenvalue weighted by atomic mass is 35.5. The van der Waals surface area contributed by atoms with Crippen molar-refractivity contribution in [2.24, 2.45) is 0 Å². The fourth-order valence-corrected chi connectivity index (χ4v) is 3.06. The lowest BCUT2D eigenvalue weighted by Crippen LogP contribution is -2.11. The number of hydrogen-bond acceptors (Lipinski definition) is 3. The third kappa shape index (κ3) is 4.83. The average molecular weight is 353 g/mol. The fourth-order valence-electron chi connectivity index (χ4n) is 1.74. The Labute approximate surface area is 139 Å². The van der Waals surface area contributed by atoms with Crippen LogP contribution < -0.4 is 10.1 Å². The summed E-state index contributed by atoms with van der Waals surface area (Å²) in [6, 6.07) is 7.93. The lowest BCUT2D eigenvalue weighted by Gasteiger charge is -2.10. The summed E-state index contributed by atoms with van der Waals surface area (Å²) in [6.45, 7) is 4.03. The number of nitrogens with one attached hydrogen (secondary N) is 1. The van der Waals surface area contributed by atoms with Crippen LogP contribution in [0.5, 0.6) is 5.75 Å². The molecule has 1 aromatic heterocycles. The van der Waals surface area contributed by atoms with Gasteiger partial charge < -0.3 is 10.1 Å². The van der Waals surface area contributed by atoms with Crippen molar-refractivity contribution in [1.82, 2.24) is 5.32 Å². The second kappa shape index (κ2) is 8.75. The van der Waals surface area contributed by atoms with E-state index in [-0.39, 0.29) is 12.4 Å². The number of rotatable bonds is 6. The molecule has 20 heavy (non-hydrogen) atoms. The standard InChI is InChI=1S/C14H15Cl2NOS.ClH/c1-2-18-14-12(15)6-10(7-13(14)16)8-17-9-11-4-3-5-19-11;/h3-7,17H,2,8-9H2,1H3;1H. The molecule has 1 heterocycles. The SMILES string of the molecule is CCOc1c(Cl)cc(CNCc2cccs2)cc1Cl.Cl. The Morgan fingerprint density at radius 3 is 2.45 bits per heavy atom. The van der Waals surface area contributed by atoms with Gasteiger partial charge >= 0.3 is 0 Å². The van der Waals surface area contributed by atoms with E-state index in [1.165, 1.54) is 4.88 Å². The van der Waals surface area contributed by atoms with Gasteiger partial charge in [-0.3, -0.25) is 0 Å². The van der Waals surface area contributed by atoms with Gasteiger partial charge in [-0.25, -0.2) is 0 Å². The van der Waals surface area contributed by atoms with E-state index in [9.17, 15) is 0 Å². The van der Waals surface area contributed by atoms with Gasteiger partial charge in [-0.15, -0.1) is 23.7 Å². The van der Waals surface area contributed by atoms with Gasteiger partial charge in [0.2, 0.25) is 0 Å². The lowest BCUT2D eigenvalue weighted by molar-refractivity contribution is 0.340. The highest BCUT2D eigenvalue weighted by Crippen LogP contribution is 2.34. The lowest BCUT2D eigenvalue weighted by atomic mass is 10.2. The van der Waals surface area contributed by atoms with Crippen molar-refractivity contribution in [3.05, 3.63) is 50.1 Å². The Balaban J connectivity index is 0.00000200. The van der Waals surface area contributed by atoms with Crippen molar-refractivity contribution >= 4 is 46.9 Å². The van der Waals surface area contributed by atoms with E-state index in [1.807, 2.05) is 25.1 Å². The van der Waals surface area contributed by atoms with E-state index < -0.39 is 0 Å². The minimum Gasteiger partial charge on any atom is -0.491 e. The molecule has 6 heteroatoms. The summed E-state index contributed by atoms with van der Waals surface area (Å²) in [4.78, 5) is 1.31. The maximum atomic E-state index is 6.16. The van der Waals surface area contributed by atoms with Crippen LogP contribution in [0.1, 0.15) is 17.4 Å². The molecule has 2 nitrogen and oxygen atoms in total. The third-order valence-electron chi connectivity index (χ3n) is 2.56. The Kier molecular flexibility index (Phi) is 7.70. The smallest absolute Gasteiger partial charge is 0.156 e. The van der Waals surface area contributed by atoms with Gasteiger partial charge in [0.25, 0.3) is 0 Å². The second-order valence-electron chi connectivity index (χ2n) is 4.00. The molecule has 2 rings (SSSR count). The summed E-state index contributed by atoms with van der Waals surface area (Å²) in [6.07, 6.45) is 0. The van der Waals surface area contributed by atoms with Gasteiger partial charge in [-0.1, -0.05) is 29.3 Å². The van der Waals surface area contributed by atoms with Crippen LogP contribution in [0.25, 0.3) is 0 Å². The zero-order chi connectivity index (χ0) is 13.7. The fraction of sp³-hybridized carbons (Fsp3) is 0.286. The zero-order valence-corrected chi connectivity index (χ0v) is 14.1. The van der Waals surface area contributed by atoms with E-state index in [0.29, 0.717) is 22.4 Å². The molecule has 1 N–H and O–H groups in total. The van der Waals surface area contributed by atoms with Crippen molar-refractivity contribution in [3.8, 4) is 5.75 Å². The van der Waals surface area contributed by atoms with Gasteiger partial charge in [0.15, 0.2) is 5.75 Å². The van der Waals surface area contributed by atoms with Crippen LogP contribution in [-0.2, 0) is 13.1 Å². The van der Waals surface area contributed by atoms with Crippen LogP contribution >= 0.6 is 46.9 Å². The first-order valence-corrected chi connectivity index (χ1v) is 7.68. The largest absolute Gasteiger partial charge is 0.491 e. The van der Waals surface area contributed by atoms with Gasteiger partial charge in [-0.05, 0) is 36.1 Å². The molecule has 0 atom stereocenters. The van der Waals surface area contributed by atoms with Crippen LogP contribution in [0.3, 0.4) is 0 Å². The molecule has 0 radical (unpaired) electrons. The summed E-state index contributed by atoms with van der Waals surface area (Å²) in [7, 11) is 0. The molecule has 0 unspecified atom stereocenters. The number of hydrogen-bond donors (Lipinski definition) is 1. The minimum absolute atomic E-state index is 0. The number of thiophene rings is 1. The summed E-state index contributed by atoms with van der Waals surface area (Å²) < 4.78 is 5.40. The zero-order valence-electron chi connectivity index (χ0n) is 11.0. The molecule has 0 fully saturated rings. The van der Waals surface area contributed by atoms with E-state index in [4.69, 9.17) is 27.9 Å². The van der Waals surface area contributed by atoms with Crippen LogP contribution in [0.2, 0.25) is 10.0 Å². The van der Waals surface area contributed by atoms with Crippen molar-refractivity contribution in [1.29, 1.82) is 0 Å². The number of halogens is 3. The maximum Gasteiger partial charge on any atom is 0.156 e. The molecular weight excluding hydrogens is 337 g/mol. The second-order valence-corrected chi connectivity index (χ2v) is 5.85. The van der Waals surface area contributed by atoms with Gasteiger partial charge in [0, 0.05) is 18.0 Å². The maximum absolute atomic E-state index is 6.16. The van der Waals surface area contributed by atoms with Gasteiger partial charge in [-0.2, -0.15) is 0 Å². The molecule has 0 spiro atoms. The molecule has 0 aliphatic carbocycles. The van der Waals surface area contributed by atoms with Crippen molar-refractivity contribution in [2.75, 3.05) is 6.61 Å². The van der Waals surface area contributed by atoms with Crippen molar-refractivity contribution in [2.45, 2.75) is 20.0 Å². The van der Waals surface area contributed by atoms with Crippen LogP contribution in [0, 0.1) is 0 Å². The van der Waals surface area contributed by atoms with E-state index >= 15 is 0 Å². The number of benzene rings is 1. The predicted octanol–water partition coefficient (Wildman–Crippen LogP) is 5.17. The topological polar surface area (TPSA) is 21.3 Å². The Hall–Kier alpha value is -0.450. The van der Waals surface area contributed by atoms with Crippen LogP contribution in [-0.4, -0.2) is 6.61 Å². The first-order valence-electron chi connectivity index (χ1n) is 6.04. The third-order valence-corrected chi connectivity index (χ3v) is 3.99. The Bertz CT molecular complexity index is 508. The van der Waals surface area contributed by atoms with Crippen LogP contribution in [0.4, 0.5) is 0 Å². The first kappa shape index (κ1) is 17.6. The number of ether oxygens (including phenoxy) is 1. The monoisotopic (exact) mass is 351 g/mol. The van der Waals surface area contributed by atoms with Crippen molar-refractivity contribution in [3.63, 3.8) is 0 Å². The summed E-state index contributed by atoms with van der Waals surface area (Å²) >= 11 is 14.1. The average Bonchev–Trinajstić information content (AvgIpc) is 2.87. The first-order chi connectivity index (χ1) is 9.20. The normalized spacial score (nSPS) is 10.2. The summed E-state index contributed by atoms with van der Waals surface area (Å²) in [5.74, 6) is 0.563. The molecular formula is C14H16Cl3NOS. The van der Waals surface area contributed by atoms with Crippen LogP contribution in [0.15, 0.2) is 29.6 Å². The predicted molar refractivity (Wildman–Crippen MR) is 89.7 cm³/mol. The summed E-state index contributed by atoms with van der Waals surface area (Å²) in [5.41, 5.74) is 1.05. The van der Waals surface area contributed by atoms with Crippen molar-refractivity contribution < 1.29 is 4.74 Å². The molecule has 0 aliphatic heterocycles. The van der Waals surface area contributed by atoms with E-state index in [2.05, 4.69) is 16.8 Å². The quantitative estimate of drug-likeness (QED) is 0.775. The highest BCUT2D eigenvalue weighted by Gasteiger charge is 2.09. The molecule has 110 valence electrons. The minimum atomic E-state index is 0. The molecule has 0 saturated heterocycles. The molecule has 0 amide bonds. The molecule has 1 aromatic carbocycles. The highest BCUT2D eigenvalue weighted by molar-refractivity contribution is 7.09. The molecule has 0 aliphatic rings. The Morgan fingerprint density at radius 2 is 1.90 bits per heavy atom. The summed E-state index contributed by atoms with van der Waals surface area (Å²) in [5, 5.41) is 6.55. The van der Waals surface area contributed by atoms with E-state index in [0.717, 1.165) is 18.7 Å². The molecule has 0 bridgehead atoms. The van der Waals surface area contributed by atoms with Gasteiger partial charge in [0.1, 0.15) is 0 Å². The van der Waals surface area contributed by atoms with E-state index in [1.54, 1.807) is 11.3 Å². The molecule has 0 saturated carbocycles.